The standard InChI is InChI=1S/C15H17N/c1-2-6-13-9-11-15(12-10-13)16-14-7-4-3-5-8-14/h3-5,7-12,16H,2,6H2,1H3. The summed E-state index contributed by atoms with van der Waals surface area (Å²) >= 11 is 0. The van der Waals surface area contributed by atoms with Gasteiger partial charge in [-0.2, -0.15) is 0 Å². The van der Waals surface area contributed by atoms with E-state index < -0.39 is 0 Å². The minimum atomic E-state index is 1.13. The molecule has 0 aromatic heterocycles. The molecule has 0 heterocycles. The summed E-state index contributed by atoms with van der Waals surface area (Å²) in [4.78, 5) is 0. The maximum atomic E-state index is 3.37. The van der Waals surface area contributed by atoms with Gasteiger partial charge in [-0.15, -0.1) is 0 Å². The maximum Gasteiger partial charge on any atom is 0.0384 e. The third-order valence-corrected chi connectivity index (χ3v) is 2.56. The molecule has 1 nitrogen and oxygen atoms in total. The van der Waals surface area contributed by atoms with Crippen LogP contribution in [0.2, 0.25) is 0 Å². The van der Waals surface area contributed by atoms with Gasteiger partial charge in [0.2, 0.25) is 0 Å². The molecule has 2 aromatic carbocycles. The number of anilines is 2. The van der Waals surface area contributed by atoms with Gasteiger partial charge in [0.05, 0.1) is 0 Å². The molecule has 0 unspecified atom stereocenters. The van der Waals surface area contributed by atoms with E-state index in [1.54, 1.807) is 0 Å². The summed E-state index contributed by atoms with van der Waals surface area (Å²) in [5.41, 5.74) is 3.68. The zero-order chi connectivity index (χ0) is 11.2. The summed E-state index contributed by atoms with van der Waals surface area (Å²) in [6.07, 6.45) is 2.36. The molecule has 0 spiro atoms. The lowest BCUT2D eigenvalue weighted by Crippen LogP contribution is -1.90. The van der Waals surface area contributed by atoms with Crippen LogP contribution in [0, 0.1) is 0 Å². The fourth-order valence-electron chi connectivity index (χ4n) is 1.73. The molecule has 0 aliphatic carbocycles. The van der Waals surface area contributed by atoms with Crippen molar-refractivity contribution in [3.8, 4) is 0 Å². The molecule has 2 aromatic rings. The fraction of sp³-hybridized carbons (Fsp3) is 0.200. The Balaban J connectivity index is 2.05. The lowest BCUT2D eigenvalue weighted by molar-refractivity contribution is 0.922. The Bertz CT molecular complexity index is 417. The van der Waals surface area contributed by atoms with Crippen LogP contribution in [0.25, 0.3) is 0 Å². The summed E-state index contributed by atoms with van der Waals surface area (Å²) < 4.78 is 0. The van der Waals surface area contributed by atoms with E-state index in [-0.39, 0.29) is 0 Å². The molecule has 82 valence electrons. The van der Waals surface area contributed by atoms with Crippen molar-refractivity contribution in [2.45, 2.75) is 19.8 Å². The fourth-order valence-corrected chi connectivity index (χ4v) is 1.73. The second kappa shape index (κ2) is 5.36. The van der Waals surface area contributed by atoms with Gasteiger partial charge < -0.3 is 5.32 Å². The van der Waals surface area contributed by atoms with E-state index in [2.05, 4.69) is 48.6 Å². The Kier molecular flexibility index (Phi) is 3.60. The summed E-state index contributed by atoms with van der Waals surface area (Å²) in [6, 6.07) is 18.9. The van der Waals surface area contributed by atoms with Crippen molar-refractivity contribution < 1.29 is 0 Å². The van der Waals surface area contributed by atoms with E-state index >= 15 is 0 Å². The van der Waals surface area contributed by atoms with Crippen molar-refractivity contribution in [3.63, 3.8) is 0 Å². The highest BCUT2D eigenvalue weighted by Crippen LogP contribution is 2.16. The van der Waals surface area contributed by atoms with Crippen LogP contribution in [0.5, 0.6) is 0 Å². The van der Waals surface area contributed by atoms with Crippen molar-refractivity contribution >= 4 is 11.4 Å². The Morgan fingerprint density at radius 2 is 1.44 bits per heavy atom. The van der Waals surface area contributed by atoms with Crippen LogP contribution in [0.4, 0.5) is 11.4 Å². The zero-order valence-corrected chi connectivity index (χ0v) is 9.61. The average molecular weight is 211 g/mol. The molecule has 0 aliphatic rings. The van der Waals surface area contributed by atoms with Gasteiger partial charge in [-0.05, 0) is 36.2 Å². The van der Waals surface area contributed by atoms with E-state index in [1.165, 1.54) is 12.0 Å². The first-order valence-electron chi connectivity index (χ1n) is 5.79. The highest BCUT2D eigenvalue weighted by atomic mass is 14.9. The van der Waals surface area contributed by atoms with Crippen LogP contribution in [0.1, 0.15) is 18.9 Å². The van der Waals surface area contributed by atoms with Gasteiger partial charge in [-0.25, -0.2) is 0 Å². The minimum absolute atomic E-state index is 1.13. The van der Waals surface area contributed by atoms with Crippen LogP contribution >= 0.6 is 0 Å². The molecular formula is C15H17N. The number of nitrogens with one attached hydrogen (secondary N) is 1. The van der Waals surface area contributed by atoms with Crippen LogP contribution in [0.3, 0.4) is 0 Å². The number of para-hydroxylation sites is 1. The predicted octanol–water partition coefficient (Wildman–Crippen LogP) is 4.38. The highest BCUT2D eigenvalue weighted by molar-refractivity contribution is 5.59. The molecular weight excluding hydrogens is 194 g/mol. The minimum Gasteiger partial charge on any atom is -0.356 e. The molecule has 0 atom stereocenters. The number of rotatable bonds is 4. The van der Waals surface area contributed by atoms with E-state index in [9.17, 15) is 0 Å². The van der Waals surface area contributed by atoms with E-state index in [0.29, 0.717) is 0 Å². The quantitative estimate of drug-likeness (QED) is 0.791. The first-order chi connectivity index (χ1) is 7.88. The number of hydrogen-bond acceptors (Lipinski definition) is 1. The van der Waals surface area contributed by atoms with Crippen molar-refractivity contribution in [1.29, 1.82) is 0 Å². The third-order valence-electron chi connectivity index (χ3n) is 2.56. The second-order valence-corrected chi connectivity index (χ2v) is 3.94. The first-order valence-corrected chi connectivity index (χ1v) is 5.79. The van der Waals surface area contributed by atoms with Gasteiger partial charge in [-0.3, -0.25) is 0 Å². The molecule has 0 bridgehead atoms. The molecule has 0 amide bonds. The monoisotopic (exact) mass is 211 g/mol. The van der Waals surface area contributed by atoms with Gasteiger partial charge in [0, 0.05) is 11.4 Å². The predicted molar refractivity (Wildman–Crippen MR) is 70.2 cm³/mol. The normalized spacial score (nSPS) is 10.1. The molecule has 0 aliphatic heterocycles. The molecule has 2 rings (SSSR count). The molecule has 0 fully saturated rings. The lowest BCUT2D eigenvalue weighted by Gasteiger charge is -2.06. The van der Waals surface area contributed by atoms with Crippen molar-refractivity contribution in [2.75, 3.05) is 5.32 Å². The first kappa shape index (κ1) is 10.7. The SMILES string of the molecule is CCCc1ccc(Nc2ccccc2)cc1. The molecule has 1 N–H and O–H groups in total. The summed E-state index contributed by atoms with van der Waals surface area (Å²) in [5.74, 6) is 0. The van der Waals surface area contributed by atoms with Gasteiger partial charge in [0.15, 0.2) is 0 Å². The number of benzene rings is 2. The lowest BCUT2D eigenvalue weighted by atomic mass is 10.1. The van der Waals surface area contributed by atoms with Crippen LogP contribution < -0.4 is 5.32 Å². The van der Waals surface area contributed by atoms with E-state index in [0.717, 1.165) is 17.8 Å². The Morgan fingerprint density at radius 1 is 0.812 bits per heavy atom. The zero-order valence-electron chi connectivity index (χ0n) is 9.61. The van der Waals surface area contributed by atoms with E-state index in [1.807, 2.05) is 18.2 Å². The number of hydrogen-bond donors (Lipinski definition) is 1. The Morgan fingerprint density at radius 3 is 2.06 bits per heavy atom. The third kappa shape index (κ3) is 2.86. The highest BCUT2D eigenvalue weighted by Gasteiger charge is 1.94. The molecule has 0 radical (unpaired) electrons. The van der Waals surface area contributed by atoms with Crippen LogP contribution in [0.15, 0.2) is 54.6 Å². The van der Waals surface area contributed by atoms with Gasteiger partial charge in [0.25, 0.3) is 0 Å². The van der Waals surface area contributed by atoms with Crippen LogP contribution in [-0.4, -0.2) is 0 Å². The Labute approximate surface area is 97.1 Å². The van der Waals surface area contributed by atoms with Crippen molar-refractivity contribution in [3.05, 3.63) is 60.2 Å². The Hall–Kier alpha value is -1.76. The van der Waals surface area contributed by atoms with Crippen LogP contribution in [-0.2, 0) is 6.42 Å². The number of aryl methyl sites for hydroxylation is 1. The van der Waals surface area contributed by atoms with Gasteiger partial charge >= 0.3 is 0 Å². The topological polar surface area (TPSA) is 12.0 Å². The second-order valence-electron chi connectivity index (χ2n) is 3.94. The van der Waals surface area contributed by atoms with E-state index in [4.69, 9.17) is 0 Å². The largest absolute Gasteiger partial charge is 0.356 e. The smallest absolute Gasteiger partial charge is 0.0384 e. The summed E-state index contributed by atoms with van der Waals surface area (Å²) in [6.45, 7) is 2.20. The molecule has 16 heavy (non-hydrogen) atoms. The molecule has 0 saturated heterocycles. The maximum absolute atomic E-state index is 3.37. The molecule has 1 heteroatoms. The van der Waals surface area contributed by atoms with Gasteiger partial charge in [-0.1, -0.05) is 43.7 Å². The van der Waals surface area contributed by atoms with Crippen molar-refractivity contribution in [2.24, 2.45) is 0 Å². The summed E-state index contributed by atoms with van der Waals surface area (Å²) in [5, 5.41) is 3.37. The summed E-state index contributed by atoms with van der Waals surface area (Å²) in [7, 11) is 0. The van der Waals surface area contributed by atoms with Crippen molar-refractivity contribution in [1.82, 2.24) is 0 Å². The van der Waals surface area contributed by atoms with Gasteiger partial charge in [0.1, 0.15) is 0 Å². The average Bonchev–Trinajstić information content (AvgIpc) is 2.33. The molecule has 0 saturated carbocycles.